The number of aromatic nitrogens is 1. The zero-order chi connectivity index (χ0) is 17.3. The van der Waals surface area contributed by atoms with Gasteiger partial charge in [0.15, 0.2) is 0 Å². The Labute approximate surface area is 146 Å². The molecule has 0 aliphatic rings. The number of hydrogen-bond donors (Lipinski definition) is 0. The molecule has 5 heteroatoms. The van der Waals surface area contributed by atoms with Gasteiger partial charge in [-0.3, -0.25) is 4.98 Å². The fourth-order valence-electron chi connectivity index (χ4n) is 3.01. The van der Waals surface area contributed by atoms with Crippen LogP contribution in [0.2, 0.25) is 6.04 Å². The predicted molar refractivity (Wildman–Crippen MR) is 97.8 cm³/mol. The van der Waals surface area contributed by atoms with Crippen molar-refractivity contribution in [3.05, 3.63) is 66.0 Å². The fraction of sp³-hybridized carbons (Fsp3) is 0.421. The van der Waals surface area contributed by atoms with E-state index >= 15 is 0 Å². The molecule has 24 heavy (non-hydrogen) atoms. The lowest BCUT2D eigenvalue weighted by Crippen LogP contribution is -2.43. The van der Waals surface area contributed by atoms with E-state index in [0.29, 0.717) is 5.92 Å². The smallest absolute Gasteiger partial charge is 0.377 e. The first-order valence-electron chi connectivity index (χ1n) is 8.29. The van der Waals surface area contributed by atoms with Gasteiger partial charge in [0, 0.05) is 39.8 Å². The Morgan fingerprint density at radius 1 is 0.875 bits per heavy atom. The van der Waals surface area contributed by atoms with Gasteiger partial charge >= 0.3 is 8.80 Å². The van der Waals surface area contributed by atoms with Crippen molar-refractivity contribution >= 4 is 8.80 Å². The quantitative estimate of drug-likeness (QED) is 0.615. The summed E-state index contributed by atoms with van der Waals surface area (Å²) >= 11 is 0. The average Bonchev–Trinajstić information content (AvgIpc) is 2.65. The second kappa shape index (κ2) is 9.69. The highest BCUT2D eigenvalue weighted by Crippen LogP contribution is 2.24. The third-order valence-electron chi connectivity index (χ3n) is 4.41. The van der Waals surface area contributed by atoms with Crippen LogP contribution in [0.4, 0.5) is 0 Å². The van der Waals surface area contributed by atoms with Crippen LogP contribution < -0.4 is 0 Å². The van der Waals surface area contributed by atoms with E-state index < -0.39 is 8.80 Å². The van der Waals surface area contributed by atoms with E-state index in [9.17, 15) is 0 Å². The average molecular weight is 346 g/mol. The Balaban J connectivity index is 2.07. The van der Waals surface area contributed by atoms with Gasteiger partial charge in [-0.2, -0.15) is 0 Å². The first-order valence-corrected chi connectivity index (χ1v) is 10.2. The molecular formula is C19H27NO3Si. The van der Waals surface area contributed by atoms with E-state index in [1.165, 1.54) is 11.1 Å². The van der Waals surface area contributed by atoms with Crippen molar-refractivity contribution in [2.24, 2.45) is 5.92 Å². The Bertz CT molecular complexity index is 526. The van der Waals surface area contributed by atoms with Crippen LogP contribution in [0, 0.1) is 5.92 Å². The van der Waals surface area contributed by atoms with Crippen molar-refractivity contribution < 1.29 is 13.3 Å². The highest BCUT2D eigenvalue weighted by molar-refractivity contribution is 6.60. The lowest BCUT2D eigenvalue weighted by Gasteiger charge is -2.26. The number of pyridine rings is 1. The number of benzene rings is 1. The van der Waals surface area contributed by atoms with E-state index in [-0.39, 0.29) is 0 Å². The normalized spacial score (nSPS) is 13.0. The molecule has 0 fully saturated rings. The molecule has 0 spiro atoms. The molecule has 1 unspecified atom stereocenters. The van der Waals surface area contributed by atoms with Crippen molar-refractivity contribution in [3.63, 3.8) is 0 Å². The third-order valence-corrected chi connectivity index (χ3v) is 7.17. The van der Waals surface area contributed by atoms with Crippen LogP contribution >= 0.6 is 0 Å². The maximum absolute atomic E-state index is 5.57. The molecule has 0 aliphatic heterocycles. The maximum atomic E-state index is 5.57. The Kier molecular flexibility index (Phi) is 7.59. The molecule has 0 N–H and O–H groups in total. The first kappa shape index (κ1) is 18.8. The summed E-state index contributed by atoms with van der Waals surface area (Å²) in [6, 6.07) is 15.6. The second-order valence-corrected chi connectivity index (χ2v) is 9.05. The molecular weight excluding hydrogens is 318 g/mol. The summed E-state index contributed by atoms with van der Waals surface area (Å²) in [6.07, 6.45) is 6.77. The molecule has 0 radical (unpaired) electrons. The van der Waals surface area contributed by atoms with Gasteiger partial charge in [0.05, 0.1) is 0 Å². The van der Waals surface area contributed by atoms with Crippen LogP contribution in [0.1, 0.15) is 17.5 Å². The molecule has 0 saturated carbocycles. The molecule has 1 aromatic carbocycles. The van der Waals surface area contributed by atoms with Gasteiger partial charge in [-0.25, -0.2) is 0 Å². The number of rotatable bonds is 10. The number of hydrogen-bond acceptors (Lipinski definition) is 4. The zero-order valence-corrected chi connectivity index (χ0v) is 15.8. The number of nitrogens with zero attached hydrogens (tertiary/aromatic N) is 1. The molecule has 1 aromatic heterocycles. The molecule has 0 amide bonds. The van der Waals surface area contributed by atoms with Gasteiger partial charge in [-0.05, 0) is 42.4 Å². The van der Waals surface area contributed by atoms with Crippen molar-refractivity contribution in [1.29, 1.82) is 0 Å². The van der Waals surface area contributed by atoms with Crippen LogP contribution in [0.5, 0.6) is 0 Å². The molecule has 0 bridgehead atoms. The summed E-state index contributed by atoms with van der Waals surface area (Å²) in [6.45, 7) is 0. The molecule has 1 atom stereocenters. The molecule has 0 aliphatic carbocycles. The molecule has 4 nitrogen and oxygen atoms in total. The van der Waals surface area contributed by atoms with Gasteiger partial charge in [0.1, 0.15) is 0 Å². The van der Waals surface area contributed by atoms with Crippen LogP contribution in [0.25, 0.3) is 0 Å². The van der Waals surface area contributed by atoms with E-state index in [2.05, 4.69) is 41.4 Å². The Hall–Kier alpha value is -1.53. The highest BCUT2D eigenvalue weighted by atomic mass is 28.4. The van der Waals surface area contributed by atoms with Gasteiger partial charge in [-0.15, -0.1) is 0 Å². The summed E-state index contributed by atoms with van der Waals surface area (Å²) in [5.74, 6) is 0.490. The lowest BCUT2D eigenvalue weighted by atomic mass is 9.91. The van der Waals surface area contributed by atoms with E-state index in [4.69, 9.17) is 13.3 Å². The second-order valence-electron chi connectivity index (χ2n) is 5.96. The summed E-state index contributed by atoms with van der Waals surface area (Å²) in [4.78, 5) is 4.24. The standard InChI is InChI=1S/C19H27NO3Si/c1-21-24(22-2,23-3)13-11-18(14-17-8-5-4-6-9-17)15-19-10-7-12-20-16-19/h4-10,12,16,18H,11,13-15H2,1-3H3. The van der Waals surface area contributed by atoms with Gasteiger partial charge in [0.25, 0.3) is 0 Å². The third kappa shape index (κ3) is 5.53. The molecule has 2 aromatic rings. The minimum Gasteiger partial charge on any atom is -0.377 e. The maximum Gasteiger partial charge on any atom is 0.500 e. The van der Waals surface area contributed by atoms with Gasteiger partial charge in [0.2, 0.25) is 0 Å². The summed E-state index contributed by atoms with van der Waals surface area (Å²) in [5.41, 5.74) is 2.61. The molecule has 2 rings (SSSR count). The highest BCUT2D eigenvalue weighted by Gasteiger charge is 2.37. The summed E-state index contributed by atoms with van der Waals surface area (Å²) in [5, 5.41) is 0. The van der Waals surface area contributed by atoms with Crippen molar-refractivity contribution in [1.82, 2.24) is 4.98 Å². The summed E-state index contributed by atoms with van der Waals surface area (Å²) in [7, 11) is 2.49. The SMILES string of the molecule is CO[Si](CCC(Cc1ccccc1)Cc1cccnc1)(OC)OC. The summed E-state index contributed by atoms with van der Waals surface area (Å²) < 4.78 is 16.7. The lowest BCUT2D eigenvalue weighted by molar-refractivity contribution is 0.121. The largest absolute Gasteiger partial charge is 0.500 e. The van der Waals surface area contributed by atoms with Crippen LogP contribution in [0.15, 0.2) is 54.9 Å². The first-order chi connectivity index (χ1) is 11.7. The van der Waals surface area contributed by atoms with Crippen molar-refractivity contribution in [2.45, 2.75) is 25.3 Å². The van der Waals surface area contributed by atoms with E-state index in [0.717, 1.165) is 25.3 Å². The van der Waals surface area contributed by atoms with Crippen molar-refractivity contribution in [3.8, 4) is 0 Å². The van der Waals surface area contributed by atoms with Crippen LogP contribution in [0.3, 0.4) is 0 Å². The molecule has 130 valence electrons. The molecule has 0 saturated heterocycles. The fourth-order valence-corrected chi connectivity index (χ4v) is 4.89. The monoisotopic (exact) mass is 345 g/mol. The van der Waals surface area contributed by atoms with E-state index in [1.54, 1.807) is 21.3 Å². The Morgan fingerprint density at radius 3 is 2.08 bits per heavy atom. The Morgan fingerprint density at radius 2 is 1.50 bits per heavy atom. The minimum absolute atomic E-state index is 0.490. The van der Waals surface area contributed by atoms with Gasteiger partial charge < -0.3 is 13.3 Å². The van der Waals surface area contributed by atoms with Crippen molar-refractivity contribution in [2.75, 3.05) is 21.3 Å². The van der Waals surface area contributed by atoms with Crippen LogP contribution in [-0.2, 0) is 26.1 Å². The minimum atomic E-state index is -2.53. The van der Waals surface area contributed by atoms with Crippen LogP contribution in [-0.4, -0.2) is 35.1 Å². The van der Waals surface area contributed by atoms with Gasteiger partial charge in [-0.1, -0.05) is 36.4 Å². The topological polar surface area (TPSA) is 40.6 Å². The van der Waals surface area contributed by atoms with E-state index in [1.807, 2.05) is 18.5 Å². The molecule has 1 heterocycles. The zero-order valence-electron chi connectivity index (χ0n) is 14.8. The predicted octanol–water partition coefficient (Wildman–Crippen LogP) is 3.75.